The zero-order valence-corrected chi connectivity index (χ0v) is 22.9. The van der Waals surface area contributed by atoms with Gasteiger partial charge in [-0.3, -0.25) is 9.59 Å². The highest BCUT2D eigenvalue weighted by molar-refractivity contribution is 7.14. The number of carbonyl (C=O) groups excluding carboxylic acids is 4. The van der Waals surface area contributed by atoms with E-state index in [4.69, 9.17) is 14.2 Å². The van der Waals surface area contributed by atoms with Crippen molar-refractivity contribution in [2.24, 2.45) is 0 Å². The number of aromatic nitrogens is 1. The third-order valence-corrected chi connectivity index (χ3v) is 6.16. The second-order valence-corrected chi connectivity index (χ2v) is 10.3. The summed E-state index contributed by atoms with van der Waals surface area (Å²) in [5.41, 5.74) is -0.127. The Hall–Kier alpha value is -3.55. The molecular weight excluding hydrogens is 516 g/mol. The Balaban J connectivity index is 1.84. The van der Waals surface area contributed by atoms with E-state index in [9.17, 15) is 19.2 Å². The summed E-state index contributed by atoms with van der Waals surface area (Å²) in [6.45, 7) is 7.80. The Labute approximate surface area is 224 Å². The van der Waals surface area contributed by atoms with Crippen LogP contribution in [0.3, 0.4) is 0 Å². The van der Waals surface area contributed by atoms with Crippen LogP contribution < -0.4 is 15.4 Å². The number of imide groups is 1. The fourth-order valence-electron chi connectivity index (χ4n) is 3.85. The summed E-state index contributed by atoms with van der Waals surface area (Å²) in [5, 5.41) is 6.78. The largest absolute Gasteiger partial charge is 0.491 e. The number of nitrogens with one attached hydrogen (secondary N) is 2. The van der Waals surface area contributed by atoms with Gasteiger partial charge in [-0.25, -0.2) is 19.5 Å². The Kier molecular flexibility index (Phi) is 9.41. The van der Waals surface area contributed by atoms with Crippen molar-refractivity contribution in [3.63, 3.8) is 0 Å². The lowest BCUT2D eigenvalue weighted by Crippen LogP contribution is -2.55. The van der Waals surface area contributed by atoms with Crippen LogP contribution in [-0.4, -0.2) is 78.9 Å². The number of benzene rings is 1. The first-order valence-corrected chi connectivity index (χ1v) is 12.7. The normalized spacial score (nSPS) is 17.1. The molecule has 3 atom stereocenters. The monoisotopic (exact) mass is 548 g/mol. The lowest BCUT2D eigenvalue weighted by Gasteiger charge is -2.33. The molecule has 0 saturated carbocycles. The predicted molar refractivity (Wildman–Crippen MR) is 138 cm³/mol. The van der Waals surface area contributed by atoms with E-state index < -0.39 is 47.6 Å². The first-order valence-electron chi connectivity index (χ1n) is 11.8. The number of rotatable bonds is 11. The van der Waals surface area contributed by atoms with E-state index >= 15 is 0 Å². The van der Waals surface area contributed by atoms with E-state index in [1.807, 2.05) is 0 Å². The number of methoxy groups -OCH3 is 2. The average Bonchev–Trinajstić information content (AvgIpc) is 3.43. The Morgan fingerprint density at radius 3 is 2.45 bits per heavy atom. The van der Waals surface area contributed by atoms with Crippen LogP contribution in [0.15, 0.2) is 29.6 Å². The Morgan fingerprint density at radius 2 is 1.84 bits per heavy atom. The molecule has 1 aliphatic rings. The molecule has 3 rings (SSSR count). The summed E-state index contributed by atoms with van der Waals surface area (Å²) in [5.74, 6) is -1.38. The summed E-state index contributed by atoms with van der Waals surface area (Å²) >= 11 is 1.01. The summed E-state index contributed by atoms with van der Waals surface area (Å²) in [6, 6.07) is 3.64. The minimum absolute atomic E-state index is 0.0213. The van der Waals surface area contributed by atoms with Crippen molar-refractivity contribution in [2.75, 3.05) is 32.8 Å². The summed E-state index contributed by atoms with van der Waals surface area (Å²) in [7, 11) is 2.79. The number of urea groups is 1. The van der Waals surface area contributed by atoms with Gasteiger partial charge in [-0.2, -0.15) is 0 Å². The summed E-state index contributed by atoms with van der Waals surface area (Å²) in [6.07, 6.45) is -0.875. The molecule has 2 heterocycles. The fraction of sp³-hybridized carbons (Fsp3) is 0.480. The number of hydrogen-bond acceptors (Lipinski definition) is 10. The third kappa shape index (κ3) is 7.05. The van der Waals surface area contributed by atoms with Crippen molar-refractivity contribution in [1.29, 1.82) is 0 Å². The highest BCUT2D eigenvalue weighted by atomic mass is 32.1. The topological polar surface area (TPSA) is 145 Å². The molecule has 0 bridgehead atoms. The number of esters is 1. The molecule has 38 heavy (non-hydrogen) atoms. The van der Waals surface area contributed by atoms with Gasteiger partial charge in [0.05, 0.1) is 25.4 Å². The molecule has 0 aliphatic carbocycles. The molecule has 1 aromatic heterocycles. The number of anilines is 1. The zero-order chi connectivity index (χ0) is 28.0. The molecule has 12 nitrogen and oxygen atoms in total. The van der Waals surface area contributed by atoms with Gasteiger partial charge in [-0.15, -0.1) is 11.3 Å². The molecule has 13 heteroatoms. The minimum atomic E-state index is -1.33. The molecule has 1 saturated heterocycles. The van der Waals surface area contributed by atoms with Crippen LogP contribution >= 0.6 is 11.3 Å². The zero-order valence-electron chi connectivity index (χ0n) is 22.1. The quantitative estimate of drug-likeness (QED) is 0.246. The van der Waals surface area contributed by atoms with Gasteiger partial charge in [0.2, 0.25) is 0 Å². The maximum Gasteiger partial charge on any atom is 0.357 e. The van der Waals surface area contributed by atoms with Crippen LogP contribution in [0, 0.1) is 0 Å². The Bertz CT molecular complexity index is 1160. The highest BCUT2D eigenvalue weighted by Gasteiger charge is 2.48. The molecule has 0 spiro atoms. The van der Waals surface area contributed by atoms with Crippen molar-refractivity contribution in [1.82, 2.24) is 15.2 Å². The van der Waals surface area contributed by atoms with Crippen LogP contribution in [0.4, 0.5) is 9.93 Å². The van der Waals surface area contributed by atoms with Gasteiger partial charge in [0.15, 0.2) is 10.8 Å². The van der Waals surface area contributed by atoms with Crippen LogP contribution in [0.1, 0.15) is 49.8 Å². The van der Waals surface area contributed by atoms with E-state index in [0.717, 1.165) is 16.2 Å². The summed E-state index contributed by atoms with van der Waals surface area (Å²) < 4.78 is 21.1. The molecule has 0 radical (unpaired) electrons. The van der Waals surface area contributed by atoms with Crippen molar-refractivity contribution in [3.05, 3.63) is 40.9 Å². The van der Waals surface area contributed by atoms with Gasteiger partial charge in [0, 0.05) is 12.5 Å². The molecule has 2 N–H and O–H groups in total. The lowest BCUT2D eigenvalue weighted by molar-refractivity contribution is -0.143. The number of ether oxygens (including phenoxy) is 4. The van der Waals surface area contributed by atoms with Crippen molar-refractivity contribution >= 4 is 40.3 Å². The highest BCUT2D eigenvalue weighted by Crippen LogP contribution is 2.29. The number of carbonyl (C=O) groups is 4. The minimum Gasteiger partial charge on any atom is -0.491 e. The molecular formula is C25H32N4O8S. The number of amides is 4. The number of thiazole rings is 1. The van der Waals surface area contributed by atoms with Crippen LogP contribution in [0.5, 0.6) is 5.75 Å². The van der Waals surface area contributed by atoms with Gasteiger partial charge in [-0.1, -0.05) is 12.1 Å². The predicted octanol–water partition coefficient (Wildman–Crippen LogP) is 2.76. The molecule has 4 amide bonds. The lowest BCUT2D eigenvalue weighted by atomic mass is 10.0. The van der Waals surface area contributed by atoms with E-state index in [0.29, 0.717) is 24.5 Å². The first-order chi connectivity index (χ1) is 17.9. The second kappa shape index (κ2) is 12.3. The smallest absolute Gasteiger partial charge is 0.357 e. The first kappa shape index (κ1) is 29.0. The maximum atomic E-state index is 13.5. The Morgan fingerprint density at radius 1 is 1.16 bits per heavy atom. The molecule has 1 aromatic carbocycles. The van der Waals surface area contributed by atoms with Gasteiger partial charge < -0.3 is 29.6 Å². The molecule has 2 aromatic rings. The van der Waals surface area contributed by atoms with Gasteiger partial charge in [0.1, 0.15) is 24.4 Å². The molecule has 1 aliphatic heterocycles. The van der Waals surface area contributed by atoms with Gasteiger partial charge >= 0.3 is 12.0 Å². The van der Waals surface area contributed by atoms with E-state index in [1.165, 1.54) is 12.5 Å². The third-order valence-electron chi connectivity index (χ3n) is 5.40. The molecule has 0 unspecified atom stereocenters. The van der Waals surface area contributed by atoms with E-state index in [2.05, 4.69) is 20.4 Å². The van der Waals surface area contributed by atoms with E-state index in [1.54, 1.807) is 59.1 Å². The second-order valence-electron chi connectivity index (χ2n) is 9.40. The number of nitrogens with zero attached hydrogens (tertiary/aromatic N) is 2. The number of hydrogen-bond donors (Lipinski definition) is 2. The van der Waals surface area contributed by atoms with Crippen molar-refractivity contribution < 1.29 is 38.1 Å². The van der Waals surface area contributed by atoms with Crippen molar-refractivity contribution in [3.8, 4) is 5.75 Å². The molecule has 1 fully saturated rings. The SMILES string of the molecule is COCCOc1ccc([C@H]2NC(=O)N([C@H](C(=O)Nc3nc(C(=O)OC)cs3)[C@@H](C)OC(C)(C)C)C2=O)cc1. The van der Waals surface area contributed by atoms with Gasteiger partial charge in [-0.05, 0) is 45.4 Å². The van der Waals surface area contributed by atoms with Gasteiger partial charge in [0.25, 0.3) is 11.8 Å². The summed E-state index contributed by atoms with van der Waals surface area (Å²) in [4.78, 5) is 56.6. The van der Waals surface area contributed by atoms with E-state index in [-0.39, 0.29) is 10.8 Å². The standard InChI is InChI=1S/C25H32N4O8S/c1-14(37-25(2,3)4)19(20(30)28-23-26-17(13-38-23)22(32)35-6)29-21(31)18(27-24(29)33)15-7-9-16(10-8-15)36-12-11-34-5/h7-10,13-14,18-19H,11-12H2,1-6H3,(H,27,33)(H,26,28,30)/t14-,18-,19+/m1/s1. The fourth-order valence-corrected chi connectivity index (χ4v) is 4.54. The molecule has 206 valence electrons. The van der Waals surface area contributed by atoms with Crippen LogP contribution in [0.2, 0.25) is 0 Å². The van der Waals surface area contributed by atoms with Crippen LogP contribution in [-0.2, 0) is 23.8 Å². The average molecular weight is 549 g/mol. The van der Waals surface area contributed by atoms with Crippen LogP contribution in [0.25, 0.3) is 0 Å². The maximum absolute atomic E-state index is 13.5. The van der Waals surface area contributed by atoms with Crippen molar-refractivity contribution in [2.45, 2.75) is 51.5 Å².